The van der Waals surface area contributed by atoms with Crippen LogP contribution in [0, 0.1) is 5.82 Å². The van der Waals surface area contributed by atoms with E-state index in [9.17, 15) is 43.7 Å². The number of ether oxygens (including phenoxy) is 2. The summed E-state index contributed by atoms with van der Waals surface area (Å²) in [5.74, 6) is -3.24. The number of carboxylic acids is 1. The number of aliphatic hydroxyl groups is 4. The van der Waals surface area contributed by atoms with Crippen molar-refractivity contribution in [1.82, 2.24) is 0 Å². The lowest BCUT2D eigenvalue weighted by Gasteiger charge is -2.38. The number of hydrogen-bond acceptors (Lipinski definition) is 9. The molecule has 2 aliphatic rings. The molecule has 10 nitrogen and oxygen atoms in total. The first-order valence-corrected chi connectivity index (χ1v) is 13.0. The summed E-state index contributed by atoms with van der Waals surface area (Å²) >= 11 is 0. The first-order valence-electron chi connectivity index (χ1n) is 11.4. The molecule has 12 heteroatoms. The number of halogens is 1. The fraction of sp³-hybridized carbons (Fsp3) is 0.308. The van der Waals surface area contributed by atoms with Gasteiger partial charge >= 0.3 is 11.9 Å². The largest absolute Gasteiger partial charge is 0.479 e. The second-order valence-corrected chi connectivity index (χ2v) is 10.2. The highest BCUT2D eigenvalue weighted by atomic mass is 32.2. The van der Waals surface area contributed by atoms with Gasteiger partial charge in [-0.3, -0.25) is 9.00 Å². The minimum atomic E-state index is -1.96. The molecule has 0 aromatic heterocycles. The molecular weight excluding hydrogens is 523 g/mol. The van der Waals surface area contributed by atoms with Crippen LogP contribution in [0.1, 0.15) is 23.1 Å². The van der Waals surface area contributed by atoms with Crippen LogP contribution in [0.3, 0.4) is 0 Å². The Labute approximate surface area is 218 Å². The minimum absolute atomic E-state index is 0.241. The highest BCUT2D eigenvalue weighted by molar-refractivity contribution is 7.84. The molecule has 0 spiro atoms. The molecule has 1 unspecified atom stereocenters. The van der Waals surface area contributed by atoms with E-state index in [1.54, 1.807) is 36.6 Å². The molecule has 0 bridgehead atoms. The number of benzene rings is 2. The molecule has 0 radical (unpaired) electrons. The number of esters is 1. The van der Waals surface area contributed by atoms with Gasteiger partial charge in [0.25, 0.3) is 0 Å². The van der Waals surface area contributed by atoms with Crippen LogP contribution >= 0.6 is 0 Å². The Morgan fingerprint density at radius 1 is 1.03 bits per heavy atom. The Balaban J connectivity index is 1.65. The molecule has 1 fully saturated rings. The number of carboxylic acid groups (broad SMARTS) is 1. The van der Waals surface area contributed by atoms with Crippen LogP contribution in [0.15, 0.2) is 52.9 Å². The average molecular weight is 549 g/mol. The first kappa shape index (κ1) is 27.8. The molecule has 6 atom stereocenters. The fourth-order valence-corrected chi connectivity index (χ4v) is 4.94. The monoisotopic (exact) mass is 548 g/mol. The second-order valence-electron chi connectivity index (χ2n) is 8.79. The molecule has 38 heavy (non-hydrogen) atoms. The van der Waals surface area contributed by atoms with E-state index in [2.05, 4.69) is 0 Å². The average Bonchev–Trinajstić information content (AvgIpc) is 3.15. The normalized spacial score (nSPS) is 26.8. The highest BCUT2D eigenvalue weighted by Crippen LogP contribution is 2.44. The van der Waals surface area contributed by atoms with Gasteiger partial charge in [0, 0.05) is 22.0 Å². The fourth-order valence-electron chi connectivity index (χ4n) is 4.42. The molecule has 0 amide bonds. The van der Waals surface area contributed by atoms with Crippen LogP contribution in [0.5, 0.6) is 0 Å². The van der Waals surface area contributed by atoms with Gasteiger partial charge in [-0.15, -0.1) is 0 Å². The zero-order chi connectivity index (χ0) is 27.7. The number of carbonyl (C=O) groups is 2. The molecule has 0 saturated carbocycles. The van der Waals surface area contributed by atoms with Gasteiger partial charge in [0.05, 0.1) is 13.0 Å². The van der Waals surface area contributed by atoms with Crippen molar-refractivity contribution in [1.29, 1.82) is 0 Å². The molecule has 2 aromatic rings. The van der Waals surface area contributed by atoms with Crippen molar-refractivity contribution < 1.29 is 53.2 Å². The maximum atomic E-state index is 14.2. The maximum absolute atomic E-state index is 14.2. The van der Waals surface area contributed by atoms with Gasteiger partial charge in [0.15, 0.2) is 6.10 Å². The summed E-state index contributed by atoms with van der Waals surface area (Å²) in [6.45, 7) is -0.518. The predicted molar refractivity (Wildman–Crippen MR) is 132 cm³/mol. The Morgan fingerprint density at radius 3 is 2.32 bits per heavy atom. The Bertz CT molecular complexity index is 1340. The van der Waals surface area contributed by atoms with Gasteiger partial charge in [0.2, 0.25) is 6.29 Å². The van der Waals surface area contributed by atoms with Gasteiger partial charge in [0.1, 0.15) is 24.1 Å². The Morgan fingerprint density at radius 2 is 1.71 bits per heavy atom. The van der Waals surface area contributed by atoms with Crippen molar-refractivity contribution in [2.45, 2.75) is 42.0 Å². The number of hydrogen-bond donors (Lipinski definition) is 5. The molecular formula is C26H25FO10S. The van der Waals surface area contributed by atoms with Gasteiger partial charge in [-0.05, 0) is 63.8 Å². The van der Waals surface area contributed by atoms with Crippen LogP contribution < -0.4 is 0 Å². The van der Waals surface area contributed by atoms with Crippen molar-refractivity contribution in [3.63, 3.8) is 0 Å². The van der Waals surface area contributed by atoms with E-state index in [1.807, 2.05) is 0 Å². The van der Waals surface area contributed by atoms with Crippen molar-refractivity contribution >= 4 is 40.0 Å². The lowest BCUT2D eigenvalue weighted by Crippen LogP contribution is -2.60. The molecule has 5 N–H and O–H groups in total. The van der Waals surface area contributed by atoms with Crippen LogP contribution in [0.25, 0.3) is 17.2 Å². The second kappa shape index (κ2) is 11.2. The van der Waals surface area contributed by atoms with Crippen molar-refractivity contribution in [2.75, 3.05) is 12.9 Å². The minimum Gasteiger partial charge on any atom is -0.479 e. The Hall–Kier alpha value is -3.26. The smallest absolute Gasteiger partial charge is 0.335 e. The van der Waals surface area contributed by atoms with E-state index in [0.29, 0.717) is 32.7 Å². The zero-order valence-corrected chi connectivity index (χ0v) is 20.8. The number of aliphatic carboxylic acids is 1. The third-order valence-electron chi connectivity index (χ3n) is 6.35. The summed E-state index contributed by atoms with van der Waals surface area (Å²) in [6, 6.07) is 10.8. The highest BCUT2D eigenvalue weighted by Gasteiger charge is 2.48. The summed E-state index contributed by atoms with van der Waals surface area (Å²) < 4.78 is 35.9. The van der Waals surface area contributed by atoms with Crippen LogP contribution in [-0.2, 0) is 29.9 Å². The number of aliphatic hydroxyl groups excluding tert-OH is 4. The zero-order valence-electron chi connectivity index (χ0n) is 20.0. The molecule has 1 saturated heterocycles. The molecule has 202 valence electrons. The van der Waals surface area contributed by atoms with Crippen LogP contribution in [0.2, 0.25) is 0 Å². The van der Waals surface area contributed by atoms with E-state index in [4.69, 9.17) is 9.47 Å². The van der Waals surface area contributed by atoms with E-state index < -0.39 is 72.3 Å². The molecule has 1 heterocycles. The predicted octanol–water partition coefficient (Wildman–Crippen LogP) is 0.689. The molecule has 1 aliphatic heterocycles. The number of fused-ring (bicyclic) bond motifs is 1. The summed E-state index contributed by atoms with van der Waals surface area (Å²) in [6.07, 6.45) is -6.92. The van der Waals surface area contributed by atoms with E-state index >= 15 is 0 Å². The SMILES string of the molecule is CS(=O)c1ccc(/C=C2/C(CO)=C(CC(=O)O[C@@H]3O[C@H](C(=O)O)[C@@H](O)[C@H](O)[C@H]3O)c3cc(F)ccc32)cc1. The first-order chi connectivity index (χ1) is 18.0. The summed E-state index contributed by atoms with van der Waals surface area (Å²) in [4.78, 5) is 24.8. The van der Waals surface area contributed by atoms with Crippen LogP contribution in [0.4, 0.5) is 4.39 Å². The number of carbonyl (C=O) groups excluding carboxylic acids is 1. The number of rotatable bonds is 7. The van der Waals surface area contributed by atoms with Gasteiger partial charge in [-0.25, -0.2) is 9.18 Å². The molecule has 2 aromatic carbocycles. The standard InChI is InChI=1S/C26H25FO10S/c1-38(35)14-5-2-12(3-6-14)8-16-15-7-4-13(27)9-17(15)18(19(16)11-28)10-20(29)36-26-23(32)21(30)22(31)24(37-26)25(33)34/h2-9,21-24,26,28,30-32H,10-11H2,1H3,(H,33,34)/b16-8+/t21-,22-,23+,24-,26+,38?/m0/s1. The molecule has 1 aliphatic carbocycles. The summed E-state index contributed by atoms with van der Waals surface area (Å²) in [7, 11) is -1.17. The van der Waals surface area contributed by atoms with Gasteiger partial charge in [-0.2, -0.15) is 0 Å². The molecule has 4 rings (SSSR count). The van der Waals surface area contributed by atoms with E-state index in [0.717, 1.165) is 0 Å². The third-order valence-corrected chi connectivity index (χ3v) is 7.29. The van der Waals surface area contributed by atoms with E-state index in [-0.39, 0.29) is 5.57 Å². The van der Waals surface area contributed by atoms with Crippen LogP contribution in [-0.4, -0.2) is 85.2 Å². The third kappa shape index (κ3) is 5.46. The maximum Gasteiger partial charge on any atom is 0.335 e. The van der Waals surface area contributed by atoms with Crippen molar-refractivity contribution in [3.05, 3.63) is 70.5 Å². The quantitative estimate of drug-likeness (QED) is 0.310. The lowest BCUT2D eigenvalue weighted by molar-refractivity contribution is -0.286. The van der Waals surface area contributed by atoms with Crippen molar-refractivity contribution in [2.24, 2.45) is 0 Å². The summed E-state index contributed by atoms with van der Waals surface area (Å²) in [5, 5.41) is 49.3. The Kier molecular flexibility index (Phi) is 8.21. The summed E-state index contributed by atoms with van der Waals surface area (Å²) in [5.41, 5.74) is 2.64. The lowest BCUT2D eigenvalue weighted by atomic mass is 9.99. The van der Waals surface area contributed by atoms with Gasteiger partial charge < -0.3 is 35.0 Å². The van der Waals surface area contributed by atoms with Crippen molar-refractivity contribution in [3.8, 4) is 0 Å². The van der Waals surface area contributed by atoms with E-state index in [1.165, 1.54) is 18.2 Å². The topological polar surface area (TPSA) is 171 Å². The van der Waals surface area contributed by atoms with Gasteiger partial charge in [-0.1, -0.05) is 18.2 Å².